The fourth-order valence-electron chi connectivity index (χ4n) is 3.91. The van der Waals surface area contributed by atoms with Crippen LogP contribution >= 0.6 is 0 Å². The molecule has 25 heavy (non-hydrogen) atoms. The maximum absolute atomic E-state index is 6.06. The largest absolute Gasteiger partial charge is 0.376 e. The SMILES string of the molecule is CN=C(NCCOC1CCCCCC1)N1CCC(c2ncn[nH]2)CC1. The van der Waals surface area contributed by atoms with Crippen molar-refractivity contribution in [3.8, 4) is 0 Å². The summed E-state index contributed by atoms with van der Waals surface area (Å²) in [5.74, 6) is 2.48. The summed E-state index contributed by atoms with van der Waals surface area (Å²) in [6.07, 6.45) is 12.0. The number of ether oxygens (including phenoxy) is 1. The molecule has 1 saturated carbocycles. The molecule has 0 bridgehead atoms. The molecule has 0 amide bonds. The second-order valence-corrected chi connectivity index (χ2v) is 7.09. The summed E-state index contributed by atoms with van der Waals surface area (Å²) < 4.78 is 6.06. The van der Waals surface area contributed by atoms with Gasteiger partial charge in [0.05, 0.1) is 12.7 Å². The average Bonchev–Trinajstić information content (AvgIpc) is 3.07. The summed E-state index contributed by atoms with van der Waals surface area (Å²) in [4.78, 5) is 11.1. The maximum Gasteiger partial charge on any atom is 0.193 e. The van der Waals surface area contributed by atoms with Crippen LogP contribution < -0.4 is 5.32 Å². The highest BCUT2D eigenvalue weighted by molar-refractivity contribution is 5.79. The molecule has 3 rings (SSSR count). The number of hydrogen-bond donors (Lipinski definition) is 2. The first-order chi connectivity index (χ1) is 12.4. The van der Waals surface area contributed by atoms with Crippen LogP contribution in [0.5, 0.6) is 0 Å². The third kappa shape index (κ3) is 5.42. The molecule has 0 unspecified atom stereocenters. The smallest absolute Gasteiger partial charge is 0.193 e. The Morgan fingerprint density at radius 2 is 2.00 bits per heavy atom. The standard InChI is InChI=1S/C18H32N6O/c1-19-18(20-10-13-25-16-6-4-2-3-5-7-16)24-11-8-15(9-12-24)17-21-14-22-23-17/h14-16H,2-13H2,1H3,(H,19,20)(H,21,22,23). The van der Waals surface area contributed by atoms with Gasteiger partial charge in [-0.1, -0.05) is 25.7 Å². The summed E-state index contributed by atoms with van der Waals surface area (Å²) >= 11 is 0. The molecule has 140 valence electrons. The molecule has 1 aromatic rings. The summed E-state index contributed by atoms with van der Waals surface area (Å²) in [6.45, 7) is 3.58. The fourth-order valence-corrected chi connectivity index (χ4v) is 3.91. The van der Waals surface area contributed by atoms with Gasteiger partial charge in [-0.2, -0.15) is 5.10 Å². The van der Waals surface area contributed by atoms with Crippen LogP contribution in [0.2, 0.25) is 0 Å². The topological polar surface area (TPSA) is 78.4 Å². The van der Waals surface area contributed by atoms with E-state index in [9.17, 15) is 0 Å². The molecule has 0 aromatic carbocycles. The van der Waals surface area contributed by atoms with E-state index in [1.807, 2.05) is 7.05 Å². The number of aromatic amines is 1. The van der Waals surface area contributed by atoms with Crippen LogP contribution in [0.4, 0.5) is 0 Å². The van der Waals surface area contributed by atoms with Crippen LogP contribution in [0.1, 0.15) is 63.1 Å². The van der Waals surface area contributed by atoms with Crippen LogP contribution in [0.25, 0.3) is 0 Å². The van der Waals surface area contributed by atoms with E-state index in [2.05, 4.69) is 30.4 Å². The molecular weight excluding hydrogens is 316 g/mol. The van der Waals surface area contributed by atoms with Gasteiger partial charge in [0.15, 0.2) is 5.96 Å². The van der Waals surface area contributed by atoms with Crippen molar-refractivity contribution in [2.45, 2.75) is 63.4 Å². The molecule has 1 aromatic heterocycles. The predicted molar refractivity (Wildman–Crippen MR) is 98.7 cm³/mol. The second kappa shape index (κ2) is 9.75. The lowest BCUT2D eigenvalue weighted by molar-refractivity contribution is 0.0465. The molecular formula is C18H32N6O. The Kier molecular flexibility index (Phi) is 7.09. The number of H-pyrrole nitrogens is 1. The number of piperidine rings is 1. The van der Waals surface area contributed by atoms with Crippen molar-refractivity contribution in [1.29, 1.82) is 0 Å². The monoisotopic (exact) mass is 348 g/mol. The lowest BCUT2D eigenvalue weighted by atomic mass is 9.96. The molecule has 0 radical (unpaired) electrons. The van der Waals surface area contributed by atoms with Crippen LogP contribution in [-0.4, -0.2) is 65.4 Å². The Balaban J connectivity index is 1.35. The lowest BCUT2D eigenvalue weighted by Gasteiger charge is -2.33. The number of hydrogen-bond acceptors (Lipinski definition) is 4. The van der Waals surface area contributed by atoms with E-state index < -0.39 is 0 Å². The van der Waals surface area contributed by atoms with Crippen molar-refractivity contribution < 1.29 is 4.74 Å². The molecule has 2 aliphatic rings. The van der Waals surface area contributed by atoms with Crippen molar-refractivity contribution in [1.82, 2.24) is 25.4 Å². The molecule has 1 saturated heterocycles. The van der Waals surface area contributed by atoms with Crippen LogP contribution in [0.15, 0.2) is 11.3 Å². The minimum absolute atomic E-state index is 0.462. The summed E-state index contributed by atoms with van der Waals surface area (Å²) in [5.41, 5.74) is 0. The van der Waals surface area contributed by atoms with Crippen molar-refractivity contribution in [3.63, 3.8) is 0 Å². The lowest BCUT2D eigenvalue weighted by Crippen LogP contribution is -2.46. The second-order valence-electron chi connectivity index (χ2n) is 7.09. The molecule has 1 aliphatic carbocycles. The van der Waals surface area contributed by atoms with Gasteiger partial charge < -0.3 is 15.0 Å². The summed E-state index contributed by atoms with van der Waals surface area (Å²) in [7, 11) is 1.86. The highest BCUT2D eigenvalue weighted by Gasteiger charge is 2.24. The highest BCUT2D eigenvalue weighted by atomic mass is 16.5. The number of guanidine groups is 1. The van der Waals surface area contributed by atoms with Crippen molar-refractivity contribution in [3.05, 3.63) is 12.2 Å². The zero-order valence-corrected chi connectivity index (χ0v) is 15.4. The molecule has 2 N–H and O–H groups in total. The van der Waals surface area contributed by atoms with Gasteiger partial charge in [0.1, 0.15) is 12.2 Å². The molecule has 0 spiro atoms. The van der Waals surface area contributed by atoms with Gasteiger partial charge >= 0.3 is 0 Å². The van der Waals surface area contributed by atoms with E-state index in [0.29, 0.717) is 12.0 Å². The van der Waals surface area contributed by atoms with Gasteiger partial charge in [0.2, 0.25) is 0 Å². The van der Waals surface area contributed by atoms with Crippen LogP contribution in [0, 0.1) is 0 Å². The molecule has 7 nitrogen and oxygen atoms in total. The average molecular weight is 348 g/mol. The maximum atomic E-state index is 6.06. The first-order valence-corrected chi connectivity index (χ1v) is 9.79. The molecule has 2 fully saturated rings. The first-order valence-electron chi connectivity index (χ1n) is 9.79. The van der Waals surface area contributed by atoms with Crippen molar-refractivity contribution >= 4 is 5.96 Å². The van der Waals surface area contributed by atoms with E-state index in [1.165, 1.54) is 38.5 Å². The number of aromatic nitrogens is 3. The van der Waals surface area contributed by atoms with Gasteiger partial charge in [-0.15, -0.1) is 0 Å². The third-order valence-corrected chi connectivity index (χ3v) is 5.37. The van der Waals surface area contributed by atoms with Gasteiger partial charge in [0, 0.05) is 32.6 Å². The van der Waals surface area contributed by atoms with Crippen LogP contribution in [0.3, 0.4) is 0 Å². The fraction of sp³-hybridized carbons (Fsp3) is 0.833. The number of rotatable bonds is 5. The molecule has 1 aliphatic heterocycles. The molecule has 7 heteroatoms. The zero-order chi connectivity index (χ0) is 17.3. The van der Waals surface area contributed by atoms with E-state index in [0.717, 1.165) is 50.9 Å². The van der Waals surface area contributed by atoms with Gasteiger partial charge in [-0.05, 0) is 25.7 Å². The molecule has 0 atom stereocenters. The Bertz CT molecular complexity index is 502. The van der Waals surface area contributed by atoms with Gasteiger partial charge in [-0.3, -0.25) is 10.1 Å². The normalized spacial score (nSPS) is 21.3. The van der Waals surface area contributed by atoms with Crippen molar-refractivity contribution in [2.75, 3.05) is 33.3 Å². The van der Waals surface area contributed by atoms with E-state index in [4.69, 9.17) is 4.74 Å². The van der Waals surface area contributed by atoms with Gasteiger partial charge in [0.25, 0.3) is 0 Å². The number of aliphatic imine (C=N–C) groups is 1. The summed E-state index contributed by atoms with van der Waals surface area (Å²) in [5, 5.41) is 10.4. The highest BCUT2D eigenvalue weighted by Crippen LogP contribution is 2.25. The van der Waals surface area contributed by atoms with Gasteiger partial charge in [-0.25, -0.2) is 4.98 Å². The third-order valence-electron chi connectivity index (χ3n) is 5.37. The minimum Gasteiger partial charge on any atom is -0.376 e. The first kappa shape index (κ1) is 18.2. The Morgan fingerprint density at radius 1 is 1.24 bits per heavy atom. The zero-order valence-electron chi connectivity index (χ0n) is 15.4. The van der Waals surface area contributed by atoms with E-state index in [-0.39, 0.29) is 0 Å². The Morgan fingerprint density at radius 3 is 2.64 bits per heavy atom. The quantitative estimate of drug-likeness (QED) is 0.369. The van der Waals surface area contributed by atoms with Crippen LogP contribution in [-0.2, 0) is 4.74 Å². The number of likely N-dealkylation sites (tertiary alicyclic amines) is 1. The predicted octanol–water partition coefficient (Wildman–Crippen LogP) is 2.30. The van der Waals surface area contributed by atoms with Crippen molar-refractivity contribution in [2.24, 2.45) is 4.99 Å². The Hall–Kier alpha value is -1.63. The number of nitrogens with one attached hydrogen (secondary N) is 2. The number of nitrogens with zero attached hydrogens (tertiary/aromatic N) is 4. The Labute approximate surface area is 150 Å². The van der Waals surface area contributed by atoms with E-state index in [1.54, 1.807) is 6.33 Å². The minimum atomic E-state index is 0.462. The summed E-state index contributed by atoms with van der Waals surface area (Å²) in [6, 6.07) is 0. The van der Waals surface area contributed by atoms with E-state index >= 15 is 0 Å². The molecule has 2 heterocycles.